The van der Waals surface area contributed by atoms with E-state index in [0.717, 1.165) is 18.4 Å². The molecule has 1 aliphatic carbocycles. The number of nitrogens with zero attached hydrogens (tertiary/aromatic N) is 3. The topological polar surface area (TPSA) is 42.7 Å². The van der Waals surface area contributed by atoms with Crippen LogP contribution in [0.4, 0.5) is 10.2 Å². The van der Waals surface area contributed by atoms with Crippen LogP contribution in [0.2, 0.25) is 0 Å². The van der Waals surface area contributed by atoms with Crippen LogP contribution in [0.1, 0.15) is 58.9 Å². The van der Waals surface area contributed by atoms with E-state index in [4.69, 9.17) is 0 Å². The van der Waals surface area contributed by atoms with Crippen LogP contribution >= 0.6 is 0 Å². The van der Waals surface area contributed by atoms with Crippen molar-refractivity contribution in [2.24, 2.45) is 0 Å². The summed E-state index contributed by atoms with van der Waals surface area (Å²) >= 11 is 0. The maximum Gasteiger partial charge on any atom is 0.224 e. The maximum atomic E-state index is 14.6. The quantitative estimate of drug-likeness (QED) is 0.842. The molecule has 0 unspecified atom stereocenters. The van der Waals surface area contributed by atoms with Crippen molar-refractivity contribution in [1.29, 1.82) is 0 Å². The van der Waals surface area contributed by atoms with Gasteiger partial charge in [0, 0.05) is 17.8 Å². The first-order valence-electron chi connectivity index (χ1n) is 8.29. The lowest BCUT2D eigenvalue weighted by Crippen LogP contribution is -2.22. The Morgan fingerprint density at radius 3 is 2.48 bits per heavy atom. The average Bonchev–Trinajstić information content (AvgIpc) is 3.12. The van der Waals surface area contributed by atoms with Crippen LogP contribution in [0.25, 0.3) is 11.3 Å². The second-order valence-electron chi connectivity index (χ2n) is 7.66. The van der Waals surface area contributed by atoms with Crippen LogP contribution in [0.3, 0.4) is 0 Å². The Balaban J connectivity index is 2.01. The Kier molecular flexibility index (Phi) is 3.90. The van der Waals surface area contributed by atoms with E-state index in [2.05, 4.69) is 50.0 Å². The molecule has 1 aliphatic rings. The fourth-order valence-corrected chi connectivity index (χ4v) is 2.49. The first-order valence-corrected chi connectivity index (χ1v) is 8.29. The largest absolute Gasteiger partial charge is 0.367 e. The summed E-state index contributed by atoms with van der Waals surface area (Å²) in [5.74, 6) is 0.413. The van der Waals surface area contributed by atoms with Crippen molar-refractivity contribution in [1.82, 2.24) is 14.8 Å². The zero-order chi connectivity index (χ0) is 16.8. The summed E-state index contributed by atoms with van der Waals surface area (Å²) in [4.78, 5) is 4.07. The van der Waals surface area contributed by atoms with Gasteiger partial charge < -0.3 is 5.32 Å². The number of anilines is 1. The Morgan fingerprint density at radius 2 is 1.96 bits per heavy atom. The van der Waals surface area contributed by atoms with E-state index in [9.17, 15) is 4.39 Å². The molecule has 0 amide bonds. The maximum absolute atomic E-state index is 14.6. The van der Waals surface area contributed by atoms with Gasteiger partial charge in [0.05, 0.1) is 11.1 Å². The van der Waals surface area contributed by atoms with Gasteiger partial charge in [-0.25, -0.2) is 4.98 Å². The van der Waals surface area contributed by atoms with E-state index in [-0.39, 0.29) is 11.5 Å². The summed E-state index contributed by atoms with van der Waals surface area (Å²) < 4.78 is 16.5. The molecule has 0 bridgehead atoms. The summed E-state index contributed by atoms with van der Waals surface area (Å²) in [5, 5.41) is 7.88. The lowest BCUT2D eigenvalue weighted by molar-refractivity contribution is 0.356. The number of rotatable bonds is 4. The summed E-state index contributed by atoms with van der Waals surface area (Å²) in [5.41, 5.74) is 2.07. The second-order valence-corrected chi connectivity index (χ2v) is 7.66. The molecule has 0 aliphatic heterocycles. The van der Waals surface area contributed by atoms with Gasteiger partial charge in [-0.3, -0.25) is 4.68 Å². The number of aromatic nitrogens is 3. The third-order valence-corrected chi connectivity index (χ3v) is 4.09. The Bertz CT molecular complexity index is 708. The Hall–Kier alpha value is -1.91. The molecule has 2 heterocycles. The minimum absolute atomic E-state index is 0.140. The van der Waals surface area contributed by atoms with Crippen molar-refractivity contribution < 1.29 is 4.39 Å². The zero-order valence-corrected chi connectivity index (χ0v) is 14.5. The SMILES string of the molecule is CC(C)c1cn(C(C)(C)C)nc1-c1ccc(NC2CC2)nc1F. The van der Waals surface area contributed by atoms with Crippen molar-refractivity contribution >= 4 is 5.82 Å². The zero-order valence-electron chi connectivity index (χ0n) is 14.5. The lowest BCUT2D eigenvalue weighted by atomic mass is 10.0. The monoisotopic (exact) mass is 316 g/mol. The molecule has 0 radical (unpaired) electrons. The molecule has 1 fully saturated rings. The first kappa shape index (κ1) is 16.0. The molecule has 124 valence electrons. The number of halogens is 1. The van der Waals surface area contributed by atoms with Crippen molar-refractivity contribution in [2.75, 3.05) is 5.32 Å². The molecule has 3 rings (SSSR count). The van der Waals surface area contributed by atoms with Crippen LogP contribution in [-0.4, -0.2) is 20.8 Å². The highest BCUT2D eigenvalue weighted by atomic mass is 19.1. The van der Waals surface area contributed by atoms with Gasteiger partial charge in [-0.2, -0.15) is 9.49 Å². The van der Waals surface area contributed by atoms with Gasteiger partial charge in [-0.1, -0.05) is 13.8 Å². The van der Waals surface area contributed by atoms with Crippen molar-refractivity contribution in [3.63, 3.8) is 0 Å². The van der Waals surface area contributed by atoms with E-state index in [0.29, 0.717) is 23.1 Å². The van der Waals surface area contributed by atoms with Crippen molar-refractivity contribution in [2.45, 2.75) is 65.0 Å². The van der Waals surface area contributed by atoms with Gasteiger partial charge in [0.1, 0.15) is 11.5 Å². The summed E-state index contributed by atoms with van der Waals surface area (Å²) in [6, 6.07) is 4.09. The standard InChI is InChI=1S/C18H25FN4/c1-11(2)14-10-23(18(3,4)5)22-16(14)13-8-9-15(21-17(13)19)20-12-6-7-12/h8-12H,6-7H2,1-5H3,(H,20,21). The van der Waals surface area contributed by atoms with Gasteiger partial charge in [0.2, 0.25) is 5.95 Å². The smallest absolute Gasteiger partial charge is 0.224 e. The molecule has 0 saturated heterocycles. The minimum atomic E-state index is -0.461. The number of hydrogen-bond donors (Lipinski definition) is 1. The van der Waals surface area contributed by atoms with Crippen LogP contribution in [-0.2, 0) is 5.54 Å². The van der Waals surface area contributed by atoms with Gasteiger partial charge >= 0.3 is 0 Å². The van der Waals surface area contributed by atoms with E-state index in [1.807, 2.05) is 16.9 Å². The molecule has 4 nitrogen and oxygen atoms in total. The highest BCUT2D eigenvalue weighted by Crippen LogP contribution is 2.32. The van der Waals surface area contributed by atoms with E-state index in [1.165, 1.54) is 0 Å². The van der Waals surface area contributed by atoms with Crippen molar-refractivity contribution in [3.05, 3.63) is 29.8 Å². The Morgan fingerprint density at radius 1 is 1.26 bits per heavy atom. The summed E-state index contributed by atoms with van der Waals surface area (Å²) in [6.45, 7) is 10.5. The minimum Gasteiger partial charge on any atom is -0.367 e. The Labute approximate surface area is 137 Å². The third kappa shape index (κ3) is 3.38. The predicted octanol–water partition coefficient (Wildman–Crippen LogP) is 4.54. The fraction of sp³-hybridized carbons (Fsp3) is 0.556. The van der Waals surface area contributed by atoms with E-state index >= 15 is 0 Å². The molecular weight excluding hydrogens is 291 g/mol. The van der Waals surface area contributed by atoms with Crippen LogP contribution in [0.5, 0.6) is 0 Å². The van der Waals surface area contributed by atoms with Gasteiger partial charge in [-0.05, 0) is 51.7 Å². The molecule has 2 aromatic rings. The molecule has 23 heavy (non-hydrogen) atoms. The van der Waals surface area contributed by atoms with Crippen LogP contribution < -0.4 is 5.32 Å². The summed E-state index contributed by atoms with van der Waals surface area (Å²) in [6.07, 6.45) is 4.30. The van der Waals surface area contributed by atoms with Gasteiger partial charge in [-0.15, -0.1) is 0 Å². The van der Waals surface area contributed by atoms with Crippen LogP contribution in [0.15, 0.2) is 18.3 Å². The van der Waals surface area contributed by atoms with E-state index < -0.39 is 5.95 Å². The molecule has 0 aromatic carbocycles. The highest BCUT2D eigenvalue weighted by molar-refractivity contribution is 5.64. The molecule has 5 heteroatoms. The average molecular weight is 316 g/mol. The van der Waals surface area contributed by atoms with Crippen LogP contribution in [0, 0.1) is 5.95 Å². The number of pyridine rings is 1. The fourth-order valence-electron chi connectivity index (χ4n) is 2.49. The normalized spacial score (nSPS) is 15.3. The molecule has 0 atom stereocenters. The summed E-state index contributed by atoms with van der Waals surface area (Å²) in [7, 11) is 0. The number of nitrogens with one attached hydrogen (secondary N) is 1. The second kappa shape index (κ2) is 5.62. The van der Waals surface area contributed by atoms with Gasteiger partial charge in [0.25, 0.3) is 0 Å². The molecule has 1 N–H and O–H groups in total. The molecule has 2 aromatic heterocycles. The third-order valence-electron chi connectivity index (χ3n) is 4.09. The van der Waals surface area contributed by atoms with E-state index in [1.54, 1.807) is 6.07 Å². The highest BCUT2D eigenvalue weighted by Gasteiger charge is 2.24. The lowest BCUT2D eigenvalue weighted by Gasteiger charge is -2.19. The van der Waals surface area contributed by atoms with Gasteiger partial charge in [0.15, 0.2) is 0 Å². The first-order chi connectivity index (χ1) is 10.8. The molecule has 0 spiro atoms. The number of hydrogen-bond acceptors (Lipinski definition) is 3. The van der Waals surface area contributed by atoms with Crippen molar-refractivity contribution in [3.8, 4) is 11.3 Å². The molecule has 1 saturated carbocycles. The molecular formula is C18H25FN4. The predicted molar refractivity (Wildman–Crippen MR) is 91.1 cm³/mol.